The molecule has 1 saturated heterocycles. The number of benzene rings is 1. The molecule has 1 N–H and O–H groups in total. The van der Waals surface area contributed by atoms with E-state index in [9.17, 15) is 18.0 Å². The van der Waals surface area contributed by atoms with Crippen LogP contribution in [0.5, 0.6) is 0 Å². The van der Waals surface area contributed by atoms with Gasteiger partial charge in [-0.3, -0.25) is 4.79 Å². The summed E-state index contributed by atoms with van der Waals surface area (Å²) >= 11 is 0. The van der Waals surface area contributed by atoms with Crippen molar-refractivity contribution in [2.24, 2.45) is 5.92 Å². The molecule has 1 aromatic rings. The molecule has 3 nitrogen and oxygen atoms in total. The van der Waals surface area contributed by atoms with Gasteiger partial charge in [-0.1, -0.05) is 31.0 Å². The second-order valence-electron chi connectivity index (χ2n) is 7.27. The molecule has 2 aliphatic rings. The molecule has 25 heavy (non-hydrogen) atoms. The SMILES string of the molecule is O=C(Cc1cccc(C(F)(F)F)c1)NC[C@@H]1CCN(C2CCCC2)C1. The van der Waals surface area contributed by atoms with Crippen LogP contribution in [0.4, 0.5) is 13.2 Å². The molecule has 3 rings (SSSR count). The summed E-state index contributed by atoms with van der Waals surface area (Å²) in [7, 11) is 0. The maximum absolute atomic E-state index is 12.7. The number of nitrogens with one attached hydrogen (secondary N) is 1. The molecule has 0 radical (unpaired) electrons. The van der Waals surface area contributed by atoms with Gasteiger partial charge in [0, 0.05) is 19.1 Å². The highest BCUT2D eigenvalue weighted by atomic mass is 19.4. The minimum atomic E-state index is -4.37. The molecule has 1 saturated carbocycles. The quantitative estimate of drug-likeness (QED) is 0.876. The predicted molar refractivity (Wildman–Crippen MR) is 90.1 cm³/mol. The van der Waals surface area contributed by atoms with Crippen LogP contribution >= 0.6 is 0 Å². The lowest BCUT2D eigenvalue weighted by Crippen LogP contribution is -2.34. The predicted octanol–water partition coefficient (Wildman–Crippen LogP) is 3.63. The van der Waals surface area contributed by atoms with Crippen molar-refractivity contribution >= 4 is 5.91 Å². The zero-order chi connectivity index (χ0) is 17.9. The fourth-order valence-corrected chi connectivity index (χ4v) is 3.99. The lowest BCUT2D eigenvalue weighted by atomic mass is 10.1. The van der Waals surface area contributed by atoms with E-state index in [2.05, 4.69) is 10.2 Å². The summed E-state index contributed by atoms with van der Waals surface area (Å²) in [5, 5.41) is 2.90. The van der Waals surface area contributed by atoms with E-state index in [1.807, 2.05) is 0 Å². The molecule has 1 aliphatic carbocycles. The van der Waals surface area contributed by atoms with Crippen LogP contribution in [0.25, 0.3) is 0 Å². The van der Waals surface area contributed by atoms with Gasteiger partial charge in [-0.15, -0.1) is 0 Å². The summed E-state index contributed by atoms with van der Waals surface area (Å²) in [5.74, 6) is 0.240. The zero-order valence-corrected chi connectivity index (χ0v) is 14.3. The average Bonchev–Trinajstić information content (AvgIpc) is 3.24. The number of likely N-dealkylation sites (tertiary alicyclic amines) is 1. The number of alkyl halides is 3. The number of hydrogen-bond acceptors (Lipinski definition) is 2. The highest BCUT2D eigenvalue weighted by Crippen LogP contribution is 2.30. The summed E-state index contributed by atoms with van der Waals surface area (Å²) in [6.45, 7) is 2.73. The molecule has 0 spiro atoms. The van der Waals surface area contributed by atoms with Gasteiger partial charge in [0.2, 0.25) is 5.91 Å². The van der Waals surface area contributed by atoms with Gasteiger partial charge in [-0.05, 0) is 43.4 Å². The van der Waals surface area contributed by atoms with Crippen molar-refractivity contribution in [2.75, 3.05) is 19.6 Å². The lowest BCUT2D eigenvalue weighted by Gasteiger charge is -2.23. The zero-order valence-electron chi connectivity index (χ0n) is 14.3. The number of carbonyl (C=O) groups excluding carboxylic acids is 1. The van der Waals surface area contributed by atoms with E-state index in [0.717, 1.165) is 31.6 Å². The van der Waals surface area contributed by atoms with Crippen molar-refractivity contribution in [3.63, 3.8) is 0 Å². The Morgan fingerprint density at radius 2 is 1.96 bits per heavy atom. The van der Waals surface area contributed by atoms with Crippen LogP contribution in [0, 0.1) is 5.92 Å². The van der Waals surface area contributed by atoms with E-state index < -0.39 is 11.7 Å². The minimum Gasteiger partial charge on any atom is -0.355 e. The molecule has 0 bridgehead atoms. The molecule has 1 aliphatic heterocycles. The Hall–Kier alpha value is -1.56. The lowest BCUT2D eigenvalue weighted by molar-refractivity contribution is -0.137. The second kappa shape index (κ2) is 7.77. The van der Waals surface area contributed by atoms with Gasteiger partial charge in [-0.25, -0.2) is 0 Å². The third kappa shape index (κ3) is 4.97. The molecular weight excluding hydrogens is 329 g/mol. The fraction of sp³-hybridized carbons (Fsp3) is 0.632. The molecule has 138 valence electrons. The molecule has 0 aromatic heterocycles. The summed E-state index contributed by atoms with van der Waals surface area (Å²) in [5.41, 5.74) is -0.313. The maximum Gasteiger partial charge on any atom is 0.416 e. The Labute approximate surface area is 146 Å². The maximum atomic E-state index is 12.7. The summed E-state index contributed by atoms with van der Waals surface area (Å²) in [4.78, 5) is 14.6. The number of nitrogens with zero attached hydrogens (tertiary/aromatic N) is 1. The van der Waals surface area contributed by atoms with Crippen LogP contribution in [0.3, 0.4) is 0 Å². The van der Waals surface area contributed by atoms with Crippen LogP contribution < -0.4 is 5.32 Å². The number of carbonyl (C=O) groups is 1. The number of halogens is 3. The van der Waals surface area contributed by atoms with Crippen LogP contribution in [-0.4, -0.2) is 36.5 Å². The van der Waals surface area contributed by atoms with Gasteiger partial charge in [0.15, 0.2) is 0 Å². The molecule has 0 unspecified atom stereocenters. The highest BCUT2D eigenvalue weighted by molar-refractivity contribution is 5.78. The third-order valence-corrected chi connectivity index (χ3v) is 5.37. The number of amides is 1. The van der Waals surface area contributed by atoms with Crippen LogP contribution in [0.1, 0.15) is 43.2 Å². The van der Waals surface area contributed by atoms with E-state index in [0.29, 0.717) is 24.1 Å². The number of hydrogen-bond donors (Lipinski definition) is 1. The first-order chi connectivity index (χ1) is 11.9. The van der Waals surface area contributed by atoms with Crippen molar-refractivity contribution in [3.8, 4) is 0 Å². The van der Waals surface area contributed by atoms with Crippen molar-refractivity contribution in [2.45, 2.75) is 50.7 Å². The highest BCUT2D eigenvalue weighted by Gasteiger charge is 2.31. The molecule has 1 heterocycles. The van der Waals surface area contributed by atoms with Gasteiger partial charge < -0.3 is 10.2 Å². The van der Waals surface area contributed by atoms with Crippen LogP contribution in [0.15, 0.2) is 24.3 Å². The standard InChI is InChI=1S/C19H25F3N2O/c20-19(21,22)16-5-3-4-14(10-16)11-18(25)23-12-15-8-9-24(13-15)17-6-1-2-7-17/h3-5,10,15,17H,1-2,6-9,11-13H2,(H,23,25)/t15-/m0/s1. The summed E-state index contributed by atoms with van der Waals surface area (Å²) in [6.07, 6.45) is 1.91. The summed E-state index contributed by atoms with van der Waals surface area (Å²) < 4.78 is 38.2. The van der Waals surface area contributed by atoms with Crippen molar-refractivity contribution in [3.05, 3.63) is 35.4 Å². The average molecular weight is 354 g/mol. The molecule has 1 aromatic carbocycles. The van der Waals surface area contributed by atoms with Gasteiger partial charge in [0.05, 0.1) is 12.0 Å². The first-order valence-corrected chi connectivity index (χ1v) is 9.08. The third-order valence-electron chi connectivity index (χ3n) is 5.37. The number of rotatable bonds is 5. The Balaban J connectivity index is 1.44. The van der Waals surface area contributed by atoms with E-state index >= 15 is 0 Å². The van der Waals surface area contributed by atoms with Crippen molar-refractivity contribution in [1.29, 1.82) is 0 Å². The van der Waals surface area contributed by atoms with Crippen molar-refractivity contribution in [1.82, 2.24) is 10.2 Å². The molecule has 1 amide bonds. The molecule has 1 atom stereocenters. The Morgan fingerprint density at radius 1 is 1.20 bits per heavy atom. The van der Waals surface area contributed by atoms with E-state index in [1.165, 1.54) is 31.7 Å². The van der Waals surface area contributed by atoms with Crippen LogP contribution in [-0.2, 0) is 17.4 Å². The normalized spacial score (nSPS) is 22.4. The van der Waals surface area contributed by atoms with Gasteiger partial charge >= 0.3 is 6.18 Å². The Kier molecular flexibility index (Phi) is 5.67. The fourth-order valence-electron chi connectivity index (χ4n) is 3.99. The van der Waals surface area contributed by atoms with E-state index in [1.54, 1.807) is 6.07 Å². The summed E-state index contributed by atoms with van der Waals surface area (Å²) in [6, 6.07) is 5.70. The molecule has 6 heteroatoms. The Bertz CT molecular complexity index is 597. The monoisotopic (exact) mass is 354 g/mol. The topological polar surface area (TPSA) is 32.3 Å². The van der Waals surface area contributed by atoms with Gasteiger partial charge in [0.25, 0.3) is 0 Å². The van der Waals surface area contributed by atoms with Gasteiger partial charge in [-0.2, -0.15) is 13.2 Å². The largest absolute Gasteiger partial charge is 0.416 e. The second-order valence-corrected chi connectivity index (χ2v) is 7.27. The van der Waals surface area contributed by atoms with E-state index in [4.69, 9.17) is 0 Å². The van der Waals surface area contributed by atoms with Crippen LogP contribution in [0.2, 0.25) is 0 Å². The Morgan fingerprint density at radius 3 is 2.68 bits per heavy atom. The van der Waals surface area contributed by atoms with Crippen molar-refractivity contribution < 1.29 is 18.0 Å². The smallest absolute Gasteiger partial charge is 0.355 e. The minimum absolute atomic E-state index is 0.0109. The van der Waals surface area contributed by atoms with E-state index in [-0.39, 0.29) is 12.3 Å². The van der Waals surface area contributed by atoms with Gasteiger partial charge in [0.1, 0.15) is 0 Å². The first kappa shape index (κ1) is 18.2. The molecular formula is C19H25F3N2O. The first-order valence-electron chi connectivity index (χ1n) is 9.08. The molecule has 2 fully saturated rings.